The first-order valence-corrected chi connectivity index (χ1v) is 13.2. The molecule has 2 heterocycles. The van der Waals surface area contributed by atoms with E-state index in [9.17, 15) is 26.3 Å². The Bertz CT molecular complexity index is 1740. The largest absolute Gasteiger partial charge is 0.416 e. The fraction of sp³-hybridized carbons (Fsp3) is 0.161. The quantitative estimate of drug-likeness (QED) is 0.181. The van der Waals surface area contributed by atoms with Gasteiger partial charge in [-0.1, -0.05) is 42.5 Å². The van der Waals surface area contributed by atoms with Crippen molar-refractivity contribution in [3.63, 3.8) is 0 Å². The second-order valence-corrected chi connectivity index (χ2v) is 10.0. The Hall–Kier alpha value is -5.00. The van der Waals surface area contributed by atoms with E-state index < -0.39 is 23.5 Å². The number of nitrogens with one attached hydrogen (secondary N) is 2. The minimum absolute atomic E-state index is 0.00190. The monoisotopic (exact) mass is 594 g/mol. The highest BCUT2D eigenvalue weighted by Gasteiger charge is 2.36. The summed E-state index contributed by atoms with van der Waals surface area (Å²) in [4.78, 5) is 9.27. The van der Waals surface area contributed by atoms with Crippen molar-refractivity contribution >= 4 is 34.7 Å². The van der Waals surface area contributed by atoms with Crippen LogP contribution in [0.2, 0.25) is 0 Å². The lowest BCUT2D eigenvalue weighted by Gasteiger charge is -2.41. The molecular weight excluding hydrogens is 570 g/mol. The molecule has 6 nitrogen and oxygen atoms in total. The molecule has 4 aromatic carbocycles. The summed E-state index contributed by atoms with van der Waals surface area (Å²) in [6, 6.07) is 21.9. The normalized spacial score (nSPS) is 14.4. The van der Waals surface area contributed by atoms with Gasteiger partial charge in [0.05, 0.1) is 35.6 Å². The van der Waals surface area contributed by atoms with Crippen molar-refractivity contribution in [2.75, 3.05) is 20.7 Å². The van der Waals surface area contributed by atoms with Gasteiger partial charge in [0.1, 0.15) is 0 Å². The van der Waals surface area contributed by atoms with E-state index in [4.69, 9.17) is 0 Å². The molecule has 4 aromatic rings. The molecule has 220 valence electrons. The van der Waals surface area contributed by atoms with E-state index in [1.807, 2.05) is 37.3 Å². The number of para-hydroxylation sites is 1. The van der Waals surface area contributed by atoms with Gasteiger partial charge < -0.3 is 10.6 Å². The molecule has 0 radical (unpaired) electrons. The zero-order chi connectivity index (χ0) is 30.4. The summed E-state index contributed by atoms with van der Waals surface area (Å²) in [5, 5.41) is 8.99. The van der Waals surface area contributed by atoms with Gasteiger partial charge in [0.15, 0.2) is 0 Å². The fourth-order valence-electron chi connectivity index (χ4n) is 4.98. The van der Waals surface area contributed by atoms with Crippen LogP contribution in [-0.4, -0.2) is 11.9 Å². The molecule has 0 saturated heterocycles. The molecule has 0 aliphatic carbocycles. The zero-order valence-corrected chi connectivity index (χ0v) is 22.6. The van der Waals surface area contributed by atoms with Crippen LogP contribution in [0.4, 0.5) is 49.1 Å². The number of aryl methyl sites for hydroxylation is 1. The lowest BCUT2D eigenvalue weighted by Crippen LogP contribution is -2.56. The predicted octanol–water partition coefficient (Wildman–Crippen LogP) is 8.22. The maximum Gasteiger partial charge on any atom is 0.416 e. The molecule has 6 rings (SSSR count). The van der Waals surface area contributed by atoms with Crippen LogP contribution in [0.25, 0.3) is 0 Å². The number of hydrogen-bond acceptors (Lipinski definition) is 6. The third-order valence-corrected chi connectivity index (χ3v) is 7.14. The number of fused-ring (bicyclic) bond motifs is 2. The van der Waals surface area contributed by atoms with Gasteiger partial charge in [0, 0.05) is 16.9 Å². The molecule has 0 saturated carbocycles. The second kappa shape index (κ2) is 10.7. The Labute approximate surface area is 243 Å². The molecule has 0 atom stereocenters. The lowest BCUT2D eigenvalue weighted by molar-refractivity contribution is -0.138. The van der Waals surface area contributed by atoms with Crippen molar-refractivity contribution in [2.45, 2.75) is 32.4 Å². The van der Waals surface area contributed by atoms with Crippen molar-refractivity contribution in [1.29, 1.82) is 0 Å². The van der Waals surface area contributed by atoms with Crippen LogP contribution in [0, 0.1) is 6.92 Å². The van der Waals surface area contributed by atoms with Crippen molar-refractivity contribution in [3.05, 3.63) is 119 Å². The van der Waals surface area contributed by atoms with Crippen molar-refractivity contribution in [3.8, 4) is 0 Å². The molecule has 0 amide bonds. The standard InChI is InChI=1S/C31H24F6N6/c1-19-7-4-14-27-25(19)18-39-29(41-27)43(24-12-6-10-22(16-24)31(35,36)37)42(23-11-5-9-21(15-23)30(32,33)34)28-38-17-20-8-2-3-13-26(20)40-28/h2-16H,17-18H2,1H3,(H,38,40)(H,39,41). The van der Waals surface area contributed by atoms with Gasteiger partial charge >= 0.3 is 12.4 Å². The first-order valence-electron chi connectivity index (χ1n) is 13.2. The van der Waals surface area contributed by atoms with E-state index in [0.29, 0.717) is 11.4 Å². The van der Waals surface area contributed by atoms with E-state index in [1.54, 1.807) is 12.1 Å². The molecule has 12 heteroatoms. The minimum Gasteiger partial charge on any atom is -0.324 e. The Kier molecular flexibility index (Phi) is 6.99. The van der Waals surface area contributed by atoms with Gasteiger partial charge in [0.2, 0.25) is 11.9 Å². The molecule has 0 unspecified atom stereocenters. The van der Waals surface area contributed by atoms with Crippen molar-refractivity contribution in [1.82, 2.24) is 0 Å². The van der Waals surface area contributed by atoms with Crippen LogP contribution >= 0.6 is 0 Å². The minimum atomic E-state index is -4.67. The summed E-state index contributed by atoms with van der Waals surface area (Å²) in [6.07, 6.45) is -9.35. The SMILES string of the molecule is Cc1cccc2c1CN=C(N(c1cccc(C(F)(F)F)c1)N(C1=NCc3ccccc3N1)c1cccc(C(F)(F)F)c1)N2. The number of rotatable bonds is 2. The van der Waals surface area contributed by atoms with Gasteiger partial charge in [-0.3, -0.25) is 0 Å². The maximum absolute atomic E-state index is 13.9. The second-order valence-electron chi connectivity index (χ2n) is 10.0. The van der Waals surface area contributed by atoms with E-state index in [-0.39, 0.29) is 36.4 Å². The first kappa shape index (κ1) is 28.1. The molecule has 0 fully saturated rings. The topological polar surface area (TPSA) is 55.3 Å². The molecule has 2 N–H and O–H groups in total. The summed E-state index contributed by atoms with van der Waals surface area (Å²) < 4.78 is 83.4. The predicted molar refractivity (Wildman–Crippen MR) is 155 cm³/mol. The van der Waals surface area contributed by atoms with Crippen LogP contribution in [0.5, 0.6) is 0 Å². The van der Waals surface area contributed by atoms with Crippen LogP contribution in [0.1, 0.15) is 27.8 Å². The number of anilines is 4. The van der Waals surface area contributed by atoms with Gasteiger partial charge in [-0.2, -0.15) is 26.3 Å². The Balaban J connectivity index is 1.56. The van der Waals surface area contributed by atoms with Gasteiger partial charge in [-0.25, -0.2) is 20.0 Å². The highest BCUT2D eigenvalue weighted by Crippen LogP contribution is 2.37. The molecule has 43 heavy (non-hydrogen) atoms. The van der Waals surface area contributed by atoms with E-state index in [0.717, 1.165) is 41.0 Å². The van der Waals surface area contributed by atoms with Gasteiger partial charge in [0.25, 0.3) is 0 Å². The van der Waals surface area contributed by atoms with E-state index >= 15 is 0 Å². The van der Waals surface area contributed by atoms with E-state index in [1.165, 1.54) is 34.3 Å². The summed E-state index contributed by atoms with van der Waals surface area (Å²) in [5.41, 5.74) is 2.16. The number of hydrogen-bond donors (Lipinski definition) is 2. The molecule has 0 aromatic heterocycles. The number of alkyl halides is 6. The van der Waals surface area contributed by atoms with Crippen LogP contribution < -0.4 is 20.7 Å². The number of nitrogens with zero attached hydrogens (tertiary/aromatic N) is 4. The van der Waals surface area contributed by atoms with Crippen LogP contribution in [-0.2, 0) is 25.4 Å². The van der Waals surface area contributed by atoms with Crippen LogP contribution in [0.3, 0.4) is 0 Å². The van der Waals surface area contributed by atoms with Gasteiger partial charge in [-0.15, -0.1) is 0 Å². The Morgan fingerprint density at radius 3 is 1.72 bits per heavy atom. The molecular formula is C31H24F6N6. The third kappa shape index (κ3) is 5.60. The highest BCUT2D eigenvalue weighted by atomic mass is 19.4. The molecule has 0 bridgehead atoms. The summed E-state index contributed by atoms with van der Waals surface area (Å²) >= 11 is 0. The third-order valence-electron chi connectivity index (χ3n) is 7.14. The summed E-state index contributed by atoms with van der Waals surface area (Å²) in [7, 11) is 0. The highest BCUT2D eigenvalue weighted by molar-refractivity contribution is 6.17. The number of hydrazine groups is 1. The fourth-order valence-corrected chi connectivity index (χ4v) is 4.98. The molecule has 0 spiro atoms. The summed E-state index contributed by atoms with van der Waals surface area (Å²) in [6.45, 7) is 2.30. The number of aliphatic imine (C=N–C) groups is 2. The lowest BCUT2D eigenvalue weighted by atomic mass is 10.1. The molecule has 2 aliphatic heterocycles. The average molecular weight is 595 g/mol. The first-order chi connectivity index (χ1) is 20.5. The number of guanidine groups is 2. The zero-order valence-electron chi connectivity index (χ0n) is 22.6. The van der Waals surface area contributed by atoms with E-state index in [2.05, 4.69) is 20.6 Å². The van der Waals surface area contributed by atoms with Crippen molar-refractivity contribution in [2.24, 2.45) is 9.98 Å². The number of halogens is 6. The maximum atomic E-state index is 13.9. The average Bonchev–Trinajstić information content (AvgIpc) is 2.99. The van der Waals surface area contributed by atoms with Crippen molar-refractivity contribution < 1.29 is 26.3 Å². The Morgan fingerprint density at radius 2 is 1.12 bits per heavy atom. The smallest absolute Gasteiger partial charge is 0.324 e. The summed E-state index contributed by atoms with van der Waals surface area (Å²) in [5.74, 6) is 0.188. The molecule has 2 aliphatic rings. The number of benzene rings is 4. The Morgan fingerprint density at radius 1 is 0.605 bits per heavy atom. The van der Waals surface area contributed by atoms with Gasteiger partial charge in [-0.05, 0) is 66.6 Å². The van der Waals surface area contributed by atoms with Crippen LogP contribution in [0.15, 0.2) is 101 Å².